The van der Waals surface area contributed by atoms with E-state index in [0.29, 0.717) is 40.6 Å². The predicted octanol–water partition coefficient (Wildman–Crippen LogP) is 4.10. The zero-order chi connectivity index (χ0) is 22.9. The average Bonchev–Trinajstić information content (AvgIpc) is 3.59. The number of halogens is 2. The number of nitrogens with zero attached hydrogens (tertiary/aromatic N) is 6. The summed E-state index contributed by atoms with van der Waals surface area (Å²) < 4.78 is 24.6. The molecule has 2 aromatic carbocycles. The highest BCUT2D eigenvalue weighted by molar-refractivity contribution is 6.33. The Morgan fingerprint density at radius 3 is 2.79 bits per heavy atom. The molecule has 5 rings (SSSR count). The maximum Gasteiger partial charge on any atom is 0.261 e. The first-order chi connectivity index (χ1) is 16.1. The highest BCUT2D eigenvalue weighted by Crippen LogP contribution is 2.36. The van der Waals surface area contributed by atoms with Crippen molar-refractivity contribution < 1.29 is 18.4 Å². The van der Waals surface area contributed by atoms with Gasteiger partial charge in [0.05, 0.1) is 41.7 Å². The van der Waals surface area contributed by atoms with E-state index in [1.54, 1.807) is 29.2 Å². The van der Waals surface area contributed by atoms with Gasteiger partial charge in [0.1, 0.15) is 5.69 Å². The second-order valence-electron chi connectivity index (χ2n) is 7.39. The third kappa shape index (κ3) is 3.72. The van der Waals surface area contributed by atoms with E-state index >= 15 is 0 Å². The maximum atomic E-state index is 14.1. The number of amides is 1. The number of benzene rings is 2. The number of likely N-dealkylation sites (tertiary alicyclic amines) is 1. The number of carbonyl (C=O) groups is 1. The number of aromatic nitrogens is 5. The molecule has 168 valence electrons. The number of methoxy groups -OCH3 is 1. The standard InChI is InChI=1S/C22H18ClFN6O3/c1-32-19-14(6-3-8-16(19)24)21-27-20(28-33-21)17-9-4-12-29(17)22(31)13-5-2-7-15(23)18(13)30-25-10-11-26-30/h2-3,5-8,10-11,17H,4,9,12H2,1H3. The van der Waals surface area contributed by atoms with E-state index in [-0.39, 0.29) is 17.5 Å². The summed E-state index contributed by atoms with van der Waals surface area (Å²) in [5, 5.41) is 12.7. The molecule has 3 heterocycles. The van der Waals surface area contributed by atoms with Gasteiger partial charge in [-0.15, -0.1) is 4.80 Å². The van der Waals surface area contributed by atoms with Crippen LogP contribution in [0.2, 0.25) is 5.02 Å². The van der Waals surface area contributed by atoms with Gasteiger partial charge < -0.3 is 14.2 Å². The molecule has 0 saturated carbocycles. The highest BCUT2D eigenvalue weighted by atomic mass is 35.5. The van der Waals surface area contributed by atoms with E-state index in [1.165, 1.54) is 36.4 Å². The lowest BCUT2D eigenvalue weighted by atomic mass is 10.1. The molecule has 0 bridgehead atoms. The van der Waals surface area contributed by atoms with Crippen molar-refractivity contribution in [1.82, 2.24) is 30.0 Å². The van der Waals surface area contributed by atoms with Crippen LogP contribution in [0.5, 0.6) is 5.75 Å². The van der Waals surface area contributed by atoms with Crippen LogP contribution in [-0.4, -0.2) is 49.6 Å². The molecule has 1 aliphatic heterocycles. The molecule has 4 aromatic rings. The van der Waals surface area contributed by atoms with E-state index in [1.807, 2.05) is 0 Å². The van der Waals surface area contributed by atoms with Crippen LogP contribution in [0.4, 0.5) is 4.39 Å². The van der Waals surface area contributed by atoms with Crippen molar-refractivity contribution in [3.63, 3.8) is 0 Å². The van der Waals surface area contributed by atoms with Gasteiger partial charge in [0.25, 0.3) is 11.8 Å². The Morgan fingerprint density at radius 2 is 2.00 bits per heavy atom. The molecule has 2 aromatic heterocycles. The molecule has 0 radical (unpaired) electrons. The zero-order valence-electron chi connectivity index (χ0n) is 17.5. The quantitative estimate of drug-likeness (QED) is 0.435. The topological polar surface area (TPSA) is 99.2 Å². The van der Waals surface area contributed by atoms with Crippen LogP contribution in [0.15, 0.2) is 53.3 Å². The van der Waals surface area contributed by atoms with Crippen LogP contribution >= 0.6 is 11.6 Å². The fraction of sp³-hybridized carbons (Fsp3) is 0.227. The molecule has 1 atom stereocenters. The SMILES string of the molecule is COc1c(F)cccc1-c1nc(C2CCCN2C(=O)c2cccc(Cl)c2-n2nccn2)no1. The normalized spacial score (nSPS) is 15.7. The number of hydrogen-bond acceptors (Lipinski definition) is 7. The Morgan fingerprint density at radius 1 is 1.21 bits per heavy atom. The fourth-order valence-electron chi connectivity index (χ4n) is 4.02. The monoisotopic (exact) mass is 468 g/mol. The van der Waals surface area contributed by atoms with Gasteiger partial charge in [0, 0.05) is 6.54 Å². The summed E-state index contributed by atoms with van der Waals surface area (Å²) in [6.45, 7) is 0.509. The minimum Gasteiger partial charge on any atom is -0.493 e. The van der Waals surface area contributed by atoms with Gasteiger partial charge in [-0.05, 0) is 37.1 Å². The minimum atomic E-state index is -0.534. The van der Waals surface area contributed by atoms with E-state index in [4.69, 9.17) is 20.9 Å². The van der Waals surface area contributed by atoms with E-state index < -0.39 is 11.9 Å². The third-order valence-electron chi connectivity index (χ3n) is 5.49. The molecule has 1 fully saturated rings. The second kappa shape index (κ2) is 8.62. The summed E-state index contributed by atoms with van der Waals surface area (Å²) in [5.74, 6) is -0.315. The molecular weight excluding hydrogens is 451 g/mol. The van der Waals surface area contributed by atoms with Gasteiger partial charge in [-0.3, -0.25) is 4.79 Å². The van der Waals surface area contributed by atoms with Crippen LogP contribution < -0.4 is 4.74 Å². The van der Waals surface area contributed by atoms with Crippen molar-refractivity contribution >= 4 is 17.5 Å². The summed E-state index contributed by atoms with van der Waals surface area (Å²) in [6.07, 6.45) is 4.44. The molecule has 33 heavy (non-hydrogen) atoms. The van der Waals surface area contributed by atoms with Gasteiger partial charge in [0.2, 0.25) is 0 Å². The smallest absolute Gasteiger partial charge is 0.261 e. The van der Waals surface area contributed by atoms with Crippen LogP contribution in [0.3, 0.4) is 0 Å². The van der Waals surface area contributed by atoms with E-state index in [9.17, 15) is 9.18 Å². The molecule has 9 nitrogen and oxygen atoms in total. The van der Waals surface area contributed by atoms with Crippen molar-refractivity contribution in [3.05, 3.63) is 71.0 Å². The number of carbonyl (C=O) groups excluding carboxylic acids is 1. The summed E-state index contributed by atoms with van der Waals surface area (Å²) in [4.78, 5) is 21.0. The number of hydrogen-bond donors (Lipinski definition) is 0. The van der Waals surface area contributed by atoms with Gasteiger partial charge in [-0.2, -0.15) is 15.2 Å². The van der Waals surface area contributed by atoms with E-state index in [0.717, 1.165) is 6.42 Å². The van der Waals surface area contributed by atoms with Crippen molar-refractivity contribution in [2.75, 3.05) is 13.7 Å². The lowest BCUT2D eigenvalue weighted by Crippen LogP contribution is -2.32. The first-order valence-electron chi connectivity index (χ1n) is 10.2. The van der Waals surface area contributed by atoms with Gasteiger partial charge in [-0.1, -0.05) is 28.9 Å². The Balaban J connectivity index is 1.48. The fourth-order valence-corrected chi connectivity index (χ4v) is 4.27. The molecular formula is C22H18ClFN6O3. The van der Waals surface area contributed by atoms with Crippen molar-refractivity contribution in [3.8, 4) is 22.9 Å². The van der Waals surface area contributed by atoms with Gasteiger partial charge in [0.15, 0.2) is 17.4 Å². The average molecular weight is 469 g/mol. The van der Waals surface area contributed by atoms with E-state index in [2.05, 4.69) is 20.3 Å². The van der Waals surface area contributed by atoms with Crippen LogP contribution in [0.25, 0.3) is 17.1 Å². The summed E-state index contributed by atoms with van der Waals surface area (Å²) in [6, 6.07) is 9.10. The molecule has 11 heteroatoms. The number of rotatable bonds is 5. The Labute approximate surface area is 192 Å². The first kappa shape index (κ1) is 21.1. The van der Waals surface area contributed by atoms with Gasteiger partial charge >= 0.3 is 0 Å². The lowest BCUT2D eigenvalue weighted by Gasteiger charge is -2.23. The molecule has 1 amide bonds. The lowest BCUT2D eigenvalue weighted by molar-refractivity contribution is 0.0728. The zero-order valence-corrected chi connectivity index (χ0v) is 18.2. The number of para-hydroxylation sites is 2. The van der Waals surface area contributed by atoms with Gasteiger partial charge in [-0.25, -0.2) is 4.39 Å². The molecule has 1 unspecified atom stereocenters. The molecule has 0 aliphatic carbocycles. The van der Waals surface area contributed by atoms with Crippen molar-refractivity contribution in [2.45, 2.75) is 18.9 Å². The van der Waals surface area contributed by atoms with Crippen molar-refractivity contribution in [2.24, 2.45) is 0 Å². The van der Waals surface area contributed by atoms with Crippen molar-refractivity contribution in [1.29, 1.82) is 0 Å². The van der Waals surface area contributed by atoms with Crippen LogP contribution in [0, 0.1) is 5.82 Å². The highest BCUT2D eigenvalue weighted by Gasteiger charge is 2.35. The number of ether oxygens (including phenoxy) is 1. The molecule has 1 aliphatic rings. The summed E-state index contributed by atoms with van der Waals surface area (Å²) in [7, 11) is 1.37. The molecule has 0 spiro atoms. The Hall–Kier alpha value is -3.79. The van der Waals surface area contributed by atoms with Crippen LogP contribution in [0.1, 0.15) is 35.1 Å². The molecule has 0 N–H and O–H groups in total. The maximum absolute atomic E-state index is 14.1. The second-order valence-corrected chi connectivity index (χ2v) is 7.80. The Kier molecular flexibility index (Phi) is 5.51. The van der Waals surface area contributed by atoms with Crippen LogP contribution in [-0.2, 0) is 0 Å². The summed E-state index contributed by atoms with van der Waals surface area (Å²) >= 11 is 6.38. The first-order valence-corrected chi connectivity index (χ1v) is 10.6. The third-order valence-corrected chi connectivity index (χ3v) is 5.80. The molecule has 1 saturated heterocycles. The largest absolute Gasteiger partial charge is 0.493 e. The predicted molar refractivity (Wildman–Crippen MR) is 116 cm³/mol. The summed E-state index contributed by atoms with van der Waals surface area (Å²) in [5.41, 5.74) is 1.10. The minimum absolute atomic E-state index is 0.0161. The Bertz CT molecular complexity index is 1310.